The van der Waals surface area contributed by atoms with Crippen LogP contribution >= 0.6 is 11.3 Å². The van der Waals surface area contributed by atoms with Crippen molar-refractivity contribution in [3.8, 4) is 16.9 Å². The van der Waals surface area contributed by atoms with Crippen LogP contribution in [0.5, 0.6) is 5.75 Å². The van der Waals surface area contributed by atoms with Crippen molar-refractivity contribution in [1.82, 2.24) is 29.7 Å². The average Bonchev–Trinajstić information content (AvgIpc) is 3.65. The number of nitrogens with one attached hydrogen (secondary N) is 1. The molecule has 240 valence electrons. The van der Waals surface area contributed by atoms with Gasteiger partial charge in [0.1, 0.15) is 12.2 Å². The number of anilines is 4. The molecule has 11 nitrogen and oxygen atoms in total. The van der Waals surface area contributed by atoms with Crippen molar-refractivity contribution in [1.29, 1.82) is 0 Å². The highest BCUT2D eigenvalue weighted by Crippen LogP contribution is 2.60. The highest BCUT2D eigenvalue weighted by atomic mass is 32.1. The summed E-state index contributed by atoms with van der Waals surface area (Å²) in [7, 11) is 1.39. The van der Waals surface area contributed by atoms with Gasteiger partial charge in [0.25, 0.3) is 0 Å². The summed E-state index contributed by atoms with van der Waals surface area (Å²) < 4.78 is 14.7. The Morgan fingerprint density at radius 3 is 2.53 bits per heavy atom. The number of esters is 1. The lowest BCUT2D eigenvalue weighted by atomic mass is 9.49. The van der Waals surface area contributed by atoms with E-state index in [4.69, 9.17) is 19.6 Å². The van der Waals surface area contributed by atoms with Gasteiger partial charge in [-0.05, 0) is 80.8 Å². The van der Waals surface area contributed by atoms with Crippen molar-refractivity contribution in [2.45, 2.75) is 52.0 Å². The Balaban J connectivity index is 1.01. The van der Waals surface area contributed by atoms with Gasteiger partial charge in [0.05, 0.1) is 42.5 Å². The van der Waals surface area contributed by atoms with E-state index in [1.807, 2.05) is 35.4 Å². The normalized spacial score (nSPS) is 24.3. The largest absolute Gasteiger partial charge is 0.487 e. The van der Waals surface area contributed by atoms with Crippen molar-refractivity contribution in [2.24, 2.45) is 23.2 Å². The predicted molar refractivity (Wildman–Crippen MR) is 180 cm³/mol. The van der Waals surface area contributed by atoms with Gasteiger partial charge in [0, 0.05) is 29.6 Å². The lowest BCUT2D eigenvalue weighted by Crippen LogP contribution is -2.48. The van der Waals surface area contributed by atoms with E-state index in [0.29, 0.717) is 52.9 Å². The Hall–Kier alpha value is -4.58. The summed E-state index contributed by atoms with van der Waals surface area (Å²) in [5, 5.41) is 8.88. The topological polar surface area (TPSA) is 120 Å². The lowest BCUT2D eigenvalue weighted by Gasteiger charge is -2.56. The van der Waals surface area contributed by atoms with E-state index in [-0.39, 0.29) is 0 Å². The average molecular weight is 649 g/mol. The number of para-hydroxylation sites is 1. The van der Waals surface area contributed by atoms with Gasteiger partial charge in [-0.2, -0.15) is 5.10 Å². The molecular weight excluding hydrogens is 613 g/mol. The van der Waals surface area contributed by atoms with E-state index in [1.54, 1.807) is 29.9 Å². The van der Waals surface area contributed by atoms with Crippen molar-refractivity contribution < 1.29 is 14.3 Å². The molecule has 5 aliphatic rings. The number of methoxy groups -OCH3 is 1. The number of hydrogen-bond donors (Lipinski definition) is 1. The molecule has 1 aliphatic heterocycles. The van der Waals surface area contributed by atoms with Gasteiger partial charge in [-0.15, -0.1) is 0 Å². The monoisotopic (exact) mass is 648 g/mol. The van der Waals surface area contributed by atoms with Crippen LogP contribution in [0.1, 0.15) is 54.6 Å². The molecule has 0 amide bonds. The minimum atomic E-state index is -0.477. The maximum absolute atomic E-state index is 13.4. The van der Waals surface area contributed by atoms with Crippen molar-refractivity contribution in [2.75, 3.05) is 30.5 Å². The summed E-state index contributed by atoms with van der Waals surface area (Å²) >= 11 is 1.56. The molecule has 0 saturated heterocycles. The number of ether oxygens (including phenoxy) is 2. The zero-order chi connectivity index (χ0) is 31.7. The number of pyridine rings is 1. The first-order chi connectivity index (χ1) is 22.9. The Bertz CT molecular complexity index is 1940. The number of nitrogens with zero attached hydrogens (tertiary/aromatic N) is 7. The number of fused-ring (bicyclic) bond motifs is 2. The fraction of sp³-hybridized carbons (Fsp3) is 0.429. The van der Waals surface area contributed by atoms with E-state index >= 15 is 0 Å². The molecule has 10 rings (SSSR count). The number of carbonyl (C=O) groups excluding carboxylic acids is 1. The summed E-state index contributed by atoms with van der Waals surface area (Å²) in [4.78, 5) is 34.1. The van der Waals surface area contributed by atoms with Crippen LogP contribution in [-0.2, 0) is 11.3 Å². The second-order valence-corrected chi connectivity index (χ2v) is 14.8. The van der Waals surface area contributed by atoms with E-state index in [1.165, 1.54) is 45.6 Å². The number of carbonyl (C=O) groups is 1. The summed E-state index contributed by atoms with van der Waals surface area (Å²) in [6, 6.07) is 8.00. The number of rotatable bonds is 7. The number of benzene rings is 1. The van der Waals surface area contributed by atoms with Crippen molar-refractivity contribution in [3.63, 3.8) is 0 Å². The van der Waals surface area contributed by atoms with Crippen molar-refractivity contribution >= 4 is 50.1 Å². The van der Waals surface area contributed by atoms with Crippen LogP contribution in [0.15, 0.2) is 49.1 Å². The zero-order valence-corrected chi connectivity index (χ0v) is 27.3. The molecule has 47 heavy (non-hydrogen) atoms. The third-order valence-corrected chi connectivity index (χ3v) is 11.7. The first kappa shape index (κ1) is 28.6. The molecule has 5 heterocycles. The number of hydrogen-bond acceptors (Lipinski definition) is 11. The first-order valence-electron chi connectivity index (χ1n) is 16.4. The van der Waals surface area contributed by atoms with Gasteiger partial charge in [-0.25, -0.2) is 24.7 Å². The van der Waals surface area contributed by atoms with Crippen LogP contribution < -0.4 is 15.0 Å². The number of aromatic nitrogens is 6. The van der Waals surface area contributed by atoms with Crippen LogP contribution in [0.25, 0.3) is 21.3 Å². The van der Waals surface area contributed by atoms with Crippen LogP contribution in [0.4, 0.5) is 22.6 Å². The third kappa shape index (κ3) is 4.92. The molecule has 0 unspecified atom stereocenters. The molecule has 4 aliphatic carbocycles. The van der Waals surface area contributed by atoms with Crippen LogP contribution in [0, 0.1) is 30.1 Å². The Morgan fingerprint density at radius 2 is 1.81 bits per heavy atom. The predicted octanol–water partition coefficient (Wildman–Crippen LogP) is 6.93. The molecule has 4 aromatic heterocycles. The van der Waals surface area contributed by atoms with Gasteiger partial charge < -0.3 is 19.7 Å². The Morgan fingerprint density at radius 1 is 1.02 bits per heavy atom. The highest BCUT2D eigenvalue weighted by Gasteiger charge is 2.51. The van der Waals surface area contributed by atoms with Gasteiger partial charge in [-0.3, -0.25) is 4.68 Å². The summed E-state index contributed by atoms with van der Waals surface area (Å²) in [6.45, 7) is 3.87. The maximum atomic E-state index is 13.4. The van der Waals surface area contributed by atoms with Crippen molar-refractivity contribution in [3.05, 3.63) is 60.3 Å². The molecule has 0 atom stereocenters. The second kappa shape index (κ2) is 11.0. The molecule has 0 spiro atoms. The Labute approximate surface area is 276 Å². The summed E-state index contributed by atoms with van der Waals surface area (Å²) in [6.07, 6.45) is 15.2. The quantitative estimate of drug-likeness (QED) is 0.186. The molecule has 4 saturated carbocycles. The smallest absolute Gasteiger partial charge is 0.342 e. The molecule has 4 fully saturated rings. The van der Waals surface area contributed by atoms with Gasteiger partial charge in [0.2, 0.25) is 0 Å². The van der Waals surface area contributed by atoms with E-state index < -0.39 is 5.97 Å². The van der Waals surface area contributed by atoms with E-state index in [0.717, 1.165) is 50.9 Å². The minimum Gasteiger partial charge on any atom is -0.487 e. The Kier molecular flexibility index (Phi) is 6.70. The minimum absolute atomic E-state index is 0.339. The molecule has 5 aromatic rings. The van der Waals surface area contributed by atoms with E-state index in [9.17, 15) is 4.79 Å². The van der Waals surface area contributed by atoms with Gasteiger partial charge in [0.15, 0.2) is 28.3 Å². The fourth-order valence-corrected chi connectivity index (χ4v) is 9.99. The van der Waals surface area contributed by atoms with Gasteiger partial charge >= 0.3 is 5.97 Å². The van der Waals surface area contributed by atoms with Gasteiger partial charge in [-0.1, -0.05) is 23.5 Å². The third-order valence-electron chi connectivity index (χ3n) is 10.7. The molecule has 1 N–H and O–H groups in total. The van der Waals surface area contributed by atoms with E-state index in [2.05, 4.69) is 31.9 Å². The SMILES string of the molecule is COC(=O)c1c(-c2cnn(CC34CC5CC(CC(C5)C3)C4)c2C)cnc2c1OCCN2c1cnc(Nc2nc3ccccc3s2)cn1. The molecule has 12 heteroatoms. The molecule has 1 aromatic carbocycles. The van der Waals surface area contributed by atoms with Crippen LogP contribution in [0.2, 0.25) is 0 Å². The fourth-order valence-electron chi connectivity index (χ4n) is 9.12. The standard InChI is InChI=1S/C35H36N8O3S/c1-20-24(16-39-43(20)19-35-12-21-9-22(13-35)11-23(10-21)14-35)25-15-38-32-31(30(25)33(44)45-2)46-8-7-42(32)29-18-36-28(17-37-29)41-34-40-26-5-3-4-6-27(26)47-34/h3-6,15-18,21-23H,7-14,19H2,1-2H3,(H,36,40,41). The second-order valence-electron chi connectivity index (χ2n) is 13.8. The first-order valence-corrected chi connectivity index (χ1v) is 17.3. The summed E-state index contributed by atoms with van der Waals surface area (Å²) in [5.41, 5.74) is 4.19. The zero-order valence-electron chi connectivity index (χ0n) is 26.5. The highest BCUT2D eigenvalue weighted by molar-refractivity contribution is 7.22. The molecule has 0 radical (unpaired) electrons. The van der Waals surface area contributed by atoms with Crippen LogP contribution in [0.3, 0.4) is 0 Å². The van der Waals surface area contributed by atoms with Crippen LogP contribution in [-0.4, -0.2) is 55.9 Å². The molecule has 4 bridgehead atoms. The maximum Gasteiger partial charge on any atom is 0.342 e. The molecular formula is C35H36N8O3S. The number of thiazole rings is 1. The summed E-state index contributed by atoms with van der Waals surface area (Å²) in [5.74, 6) is 4.22. The lowest BCUT2D eigenvalue weighted by molar-refractivity contribution is -0.0638.